The molecular formula is C22H22O8. The second kappa shape index (κ2) is 6.98. The van der Waals surface area contributed by atoms with Crippen LogP contribution in [0.1, 0.15) is 17.2 Å². The number of carbonyl (C=O) groups excluding carboxylic acids is 1. The van der Waals surface area contributed by atoms with Gasteiger partial charge in [0.15, 0.2) is 23.0 Å². The Bertz CT molecular complexity index is 1010. The number of aliphatic hydroxyl groups excluding tert-OH is 1. The maximum atomic E-state index is 12.3. The van der Waals surface area contributed by atoms with Gasteiger partial charge in [0.2, 0.25) is 12.5 Å². The van der Waals surface area contributed by atoms with Gasteiger partial charge in [0.25, 0.3) is 0 Å². The summed E-state index contributed by atoms with van der Waals surface area (Å²) in [5.41, 5.74) is 3.06. The van der Waals surface area contributed by atoms with Gasteiger partial charge in [-0.1, -0.05) is 0 Å². The summed E-state index contributed by atoms with van der Waals surface area (Å²) < 4.78 is 33.1. The van der Waals surface area contributed by atoms with Crippen molar-refractivity contribution in [2.24, 2.45) is 11.8 Å². The Balaban J connectivity index is 1.76. The fraction of sp³-hybridized carbons (Fsp3) is 0.409. The molecule has 1 fully saturated rings. The summed E-state index contributed by atoms with van der Waals surface area (Å²) in [7, 11) is 4.64. The molecule has 5 rings (SSSR count). The number of hydrogen-bond acceptors (Lipinski definition) is 8. The van der Waals surface area contributed by atoms with E-state index in [1.54, 1.807) is 21.3 Å². The van der Waals surface area contributed by atoms with Crippen LogP contribution < -0.4 is 23.7 Å². The van der Waals surface area contributed by atoms with Crippen LogP contribution in [-0.4, -0.2) is 45.8 Å². The Hall–Kier alpha value is -3.13. The van der Waals surface area contributed by atoms with Crippen LogP contribution in [0.3, 0.4) is 0 Å². The van der Waals surface area contributed by atoms with E-state index >= 15 is 0 Å². The van der Waals surface area contributed by atoms with E-state index in [-0.39, 0.29) is 25.3 Å². The van der Waals surface area contributed by atoms with Crippen LogP contribution in [-0.2, 0) is 16.0 Å². The molecule has 1 unspecified atom stereocenters. The number of cyclic esters (lactones) is 1. The van der Waals surface area contributed by atoms with Crippen molar-refractivity contribution in [2.75, 3.05) is 34.7 Å². The van der Waals surface area contributed by atoms with Crippen molar-refractivity contribution in [2.45, 2.75) is 12.5 Å². The first-order valence-corrected chi connectivity index (χ1v) is 9.67. The molecular weight excluding hydrogens is 392 g/mol. The molecule has 3 atom stereocenters. The number of carbonyl (C=O) groups is 1. The number of fused-ring (bicyclic) bond motifs is 3. The lowest BCUT2D eigenvalue weighted by Gasteiger charge is -2.31. The summed E-state index contributed by atoms with van der Waals surface area (Å²) in [6.07, 6.45) is -0.390. The highest BCUT2D eigenvalue weighted by atomic mass is 16.7. The Kier molecular flexibility index (Phi) is 4.39. The van der Waals surface area contributed by atoms with E-state index in [0.29, 0.717) is 35.2 Å². The molecule has 0 amide bonds. The molecule has 1 N–H and O–H groups in total. The van der Waals surface area contributed by atoms with Crippen LogP contribution in [0.15, 0.2) is 18.2 Å². The molecule has 30 heavy (non-hydrogen) atoms. The van der Waals surface area contributed by atoms with E-state index in [2.05, 4.69) is 0 Å². The van der Waals surface area contributed by atoms with Crippen molar-refractivity contribution in [3.63, 3.8) is 0 Å². The molecule has 158 valence electrons. The lowest BCUT2D eigenvalue weighted by molar-refractivity contribution is -0.141. The lowest BCUT2D eigenvalue weighted by atomic mass is 9.73. The van der Waals surface area contributed by atoms with Gasteiger partial charge >= 0.3 is 5.97 Å². The molecule has 2 heterocycles. The minimum absolute atomic E-state index is 0.0840. The Labute approximate surface area is 173 Å². The number of hydrogen-bond donors (Lipinski definition) is 1. The smallest absolute Gasteiger partial charge is 0.309 e. The maximum Gasteiger partial charge on any atom is 0.309 e. The maximum absolute atomic E-state index is 12.3. The Morgan fingerprint density at radius 1 is 1.00 bits per heavy atom. The predicted molar refractivity (Wildman–Crippen MR) is 104 cm³/mol. The number of methoxy groups -OCH3 is 3. The van der Waals surface area contributed by atoms with E-state index in [9.17, 15) is 9.90 Å². The van der Waals surface area contributed by atoms with Crippen molar-refractivity contribution in [1.29, 1.82) is 0 Å². The van der Waals surface area contributed by atoms with E-state index < -0.39 is 12.0 Å². The molecule has 0 bridgehead atoms. The molecule has 2 aliphatic heterocycles. The van der Waals surface area contributed by atoms with Gasteiger partial charge in [0.1, 0.15) is 0 Å². The van der Waals surface area contributed by atoms with Crippen molar-refractivity contribution in [1.82, 2.24) is 0 Å². The molecule has 0 spiro atoms. The summed E-state index contributed by atoms with van der Waals surface area (Å²) in [4.78, 5) is 12.3. The zero-order valence-corrected chi connectivity index (χ0v) is 16.9. The predicted octanol–water partition coefficient (Wildman–Crippen LogP) is 2.49. The monoisotopic (exact) mass is 414 g/mol. The van der Waals surface area contributed by atoms with Gasteiger partial charge in [-0.15, -0.1) is 0 Å². The van der Waals surface area contributed by atoms with Gasteiger partial charge in [-0.2, -0.15) is 0 Å². The van der Waals surface area contributed by atoms with E-state index in [4.69, 9.17) is 28.4 Å². The first kappa shape index (κ1) is 18.9. The number of rotatable bonds is 4. The molecule has 0 saturated carbocycles. The highest BCUT2D eigenvalue weighted by Crippen LogP contribution is 2.54. The molecule has 2 aromatic rings. The van der Waals surface area contributed by atoms with Crippen molar-refractivity contribution < 1.29 is 38.3 Å². The minimum Gasteiger partial charge on any atom is -0.493 e. The van der Waals surface area contributed by atoms with Gasteiger partial charge in [-0.25, -0.2) is 0 Å². The average Bonchev–Trinajstić information content (AvgIpc) is 3.38. The summed E-state index contributed by atoms with van der Waals surface area (Å²) in [5.74, 6) is 1.64. The zero-order chi connectivity index (χ0) is 21.0. The van der Waals surface area contributed by atoms with Crippen LogP contribution in [0.5, 0.6) is 28.7 Å². The largest absolute Gasteiger partial charge is 0.493 e. The lowest BCUT2D eigenvalue weighted by Crippen LogP contribution is -2.30. The van der Waals surface area contributed by atoms with E-state index in [1.165, 1.54) is 0 Å². The van der Waals surface area contributed by atoms with Crippen molar-refractivity contribution in [3.8, 4) is 39.9 Å². The van der Waals surface area contributed by atoms with E-state index in [0.717, 1.165) is 22.3 Å². The third-order valence-corrected chi connectivity index (χ3v) is 6.14. The molecule has 2 aromatic carbocycles. The van der Waals surface area contributed by atoms with Gasteiger partial charge in [0.05, 0.1) is 40.0 Å². The summed E-state index contributed by atoms with van der Waals surface area (Å²) in [5, 5.41) is 11.0. The number of aliphatic hydroxyl groups is 1. The Morgan fingerprint density at radius 3 is 2.40 bits per heavy atom. The third kappa shape index (κ3) is 2.60. The molecule has 3 aliphatic rings. The molecule has 8 nitrogen and oxygen atoms in total. The van der Waals surface area contributed by atoms with Gasteiger partial charge in [-0.3, -0.25) is 4.79 Å². The topological polar surface area (TPSA) is 92.7 Å². The quantitative estimate of drug-likeness (QED) is 0.763. The van der Waals surface area contributed by atoms with Crippen LogP contribution in [0.2, 0.25) is 0 Å². The van der Waals surface area contributed by atoms with Crippen molar-refractivity contribution in [3.05, 3.63) is 29.3 Å². The van der Waals surface area contributed by atoms with Crippen LogP contribution in [0.25, 0.3) is 11.1 Å². The number of ether oxygens (including phenoxy) is 6. The van der Waals surface area contributed by atoms with Crippen molar-refractivity contribution >= 4 is 5.97 Å². The standard InChI is InChI=1S/C22H22O8/c1-25-15-4-10(5-16(26-2)20(15)27-3)18-11-6-13-14(8-28-22(13)24)19(23)12(11)7-17-21(18)30-9-29-17/h4-5,7,13-14,19,23H,6,8-9H2,1-3H3/t13-,14?,19+/m1/s1. The SMILES string of the molecule is COc1cc(-c2c3c(cc4c2OCO4)[C@H](O)C2COC(=O)[C@@H]2C3)cc(OC)c1OC. The molecule has 8 heteroatoms. The summed E-state index contributed by atoms with van der Waals surface area (Å²) in [6, 6.07) is 5.46. The fourth-order valence-electron chi connectivity index (χ4n) is 4.69. The minimum atomic E-state index is -0.833. The number of benzene rings is 2. The van der Waals surface area contributed by atoms with Crippen LogP contribution in [0.4, 0.5) is 0 Å². The number of esters is 1. The van der Waals surface area contributed by atoms with Crippen LogP contribution in [0, 0.1) is 11.8 Å². The molecule has 1 saturated heterocycles. The molecule has 0 radical (unpaired) electrons. The van der Waals surface area contributed by atoms with Gasteiger partial charge in [-0.05, 0) is 41.3 Å². The molecule has 1 aliphatic carbocycles. The fourth-order valence-corrected chi connectivity index (χ4v) is 4.69. The molecule has 0 aromatic heterocycles. The van der Waals surface area contributed by atoms with Gasteiger partial charge < -0.3 is 33.5 Å². The first-order valence-electron chi connectivity index (χ1n) is 9.67. The first-order chi connectivity index (χ1) is 14.6. The highest BCUT2D eigenvalue weighted by Gasteiger charge is 2.47. The third-order valence-electron chi connectivity index (χ3n) is 6.14. The van der Waals surface area contributed by atoms with Crippen LogP contribution >= 0.6 is 0 Å². The zero-order valence-electron chi connectivity index (χ0n) is 16.9. The summed E-state index contributed by atoms with van der Waals surface area (Å²) >= 11 is 0. The van der Waals surface area contributed by atoms with E-state index in [1.807, 2.05) is 18.2 Å². The Morgan fingerprint density at radius 2 is 1.73 bits per heavy atom. The van der Waals surface area contributed by atoms with Gasteiger partial charge in [0, 0.05) is 11.5 Å². The summed E-state index contributed by atoms with van der Waals surface area (Å²) in [6.45, 7) is 0.304. The second-order valence-corrected chi connectivity index (χ2v) is 7.52. The average molecular weight is 414 g/mol. The second-order valence-electron chi connectivity index (χ2n) is 7.52. The highest BCUT2D eigenvalue weighted by molar-refractivity contribution is 5.84. The normalized spacial score (nSPS) is 23.5.